The van der Waals surface area contributed by atoms with Crippen molar-refractivity contribution in [3.05, 3.63) is 30.6 Å². The molecule has 2 nitrogen and oxygen atoms in total. The average molecular weight is 175 g/mol. The molecule has 11 heavy (non-hydrogen) atoms. The second kappa shape index (κ2) is 22.7. The summed E-state index contributed by atoms with van der Waals surface area (Å²) in [7, 11) is 0. The fourth-order valence-corrected chi connectivity index (χ4v) is 0.313. The number of thiol groups is 1. The minimum Gasteiger partial charge on any atom is -0.412 e. The normalized spacial score (nSPS) is 5.45. The van der Waals surface area contributed by atoms with Crippen LogP contribution in [0, 0.1) is 0 Å². The van der Waals surface area contributed by atoms with E-state index in [4.69, 9.17) is 0 Å². The summed E-state index contributed by atoms with van der Waals surface area (Å²) in [5, 5.41) is 0. The van der Waals surface area contributed by atoms with Crippen molar-refractivity contribution in [1.29, 1.82) is 0 Å². The molecule has 0 atom stereocenters. The lowest BCUT2D eigenvalue weighted by Crippen LogP contribution is -1.58. The molecule has 0 aliphatic heterocycles. The molecular formula is C8H17NOS. The lowest BCUT2D eigenvalue weighted by Gasteiger charge is -1.70. The van der Waals surface area contributed by atoms with Gasteiger partial charge in [0.05, 0.1) is 0 Å². The second-order valence-electron chi connectivity index (χ2n) is 1.02. The summed E-state index contributed by atoms with van der Waals surface area (Å²) >= 11 is 3.53. The summed E-state index contributed by atoms with van der Waals surface area (Å²) in [5.74, 6) is 0. The highest BCUT2D eigenvalue weighted by molar-refractivity contribution is 7.79. The summed E-state index contributed by atoms with van der Waals surface area (Å²) in [6.07, 6.45) is 5.19. The number of hydrogen-bond acceptors (Lipinski definition) is 2. The van der Waals surface area contributed by atoms with E-state index >= 15 is 0 Å². The van der Waals surface area contributed by atoms with E-state index in [0.29, 0.717) is 0 Å². The minimum absolute atomic E-state index is 0. The second-order valence-corrected chi connectivity index (χ2v) is 1.02. The van der Waals surface area contributed by atoms with Gasteiger partial charge in [0, 0.05) is 12.4 Å². The van der Waals surface area contributed by atoms with Gasteiger partial charge >= 0.3 is 0 Å². The number of pyridine rings is 1. The molecule has 0 radical (unpaired) electrons. The van der Waals surface area contributed by atoms with Crippen molar-refractivity contribution < 1.29 is 5.48 Å². The van der Waals surface area contributed by atoms with Gasteiger partial charge in [-0.3, -0.25) is 4.98 Å². The van der Waals surface area contributed by atoms with E-state index in [2.05, 4.69) is 17.6 Å². The molecule has 1 heterocycles. The molecule has 0 bridgehead atoms. The predicted octanol–water partition coefficient (Wildman–Crippen LogP) is 1.83. The van der Waals surface area contributed by atoms with E-state index in [0.717, 1.165) is 0 Å². The van der Waals surface area contributed by atoms with Crippen LogP contribution in [0.3, 0.4) is 0 Å². The Morgan fingerprint density at radius 3 is 1.36 bits per heavy atom. The molecule has 0 spiro atoms. The first-order valence-electron chi connectivity index (χ1n) is 3.30. The van der Waals surface area contributed by atoms with Crippen molar-refractivity contribution in [1.82, 2.24) is 4.98 Å². The Hall–Kier alpha value is -0.540. The van der Waals surface area contributed by atoms with Crippen LogP contribution in [-0.2, 0) is 0 Å². The molecule has 0 aromatic carbocycles. The lowest BCUT2D eigenvalue weighted by atomic mass is 10.5. The van der Waals surface area contributed by atoms with Gasteiger partial charge in [-0.15, -0.1) is 0 Å². The molecule has 66 valence electrons. The number of aromatic nitrogens is 1. The van der Waals surface area contributed by atoms with Crippen molar-refractivity contribution in [3.8, 4) is 0 Å². The Morgan fingerprint density at radius 1 is 0.909 bits per heavy atom. The van der Waals surface area contributed by atoms with Crippen LogP contribution in [0.25, 0.3) is 0 Å². The van der Waals surface area contributed by atoms with E-state index < -0.39 is 0 Å². The zero-order valence-electron chi connectivity index (χ0n) is 7.28. The highest BCUT2D eigenvalue weighted by Gasteiger charge is 1.58. The summed E-state index contributed by atoms with van der Waals surface area (Å²) < 4.78 is 0. The van der Waals surface area contributed by atoms with Crippen molar-refractivity contribution in [2.45, 2.75) is 13.8 Å². The fraction of sp³-hybridized carbons (Fsp3) is 0.375. The number of hydrogen-bond donors (Lipinski definition) is 1. The van der Waals surface area contributed by atoms with Crippen molar-refractivity contribution in [3.63, 3.8) is 0 Å². The Balaban J connectivity index is -0.000000114. The maximum atomic E-state index is 3.78. The Labute approximate surface area is 74.4 Å². The van der Waals surface area contributed by atoms with Crippen molar-refractivity contribution in [2.24, 2.45) is 0 Å². The average Bonchev–Trinajstić information content (AvgIpc) is 2.14. The quantitative estimate of drug-likeness (QED) is 0.601. The van der Waals surface area contributed by atoms with Gasteiger partial charge in [0.2, 0.25) is 0 Å². The van der Waals surface area contributed by atoms with Crippen LogP contribution in [0.2, 0.25) is 0 Å². The third kappa shape index (κ3) is 17.7. The predicted molar refractivity (Wildman–Crippen MR) is 54.1 cm³/mol. The van der Waals surface area contributed by atoms with E-state index in [1.165, 1.54) is 0 Å². The molecule has 0 saturated carbocycles. The van der Waals surface area contributed by atoms with Gasteiger partial charge in [-0.25, -0.2) is 0 Å². The summed E-state index contributed by atoms with van der Waals surface area (Å²) in [6, 6.07) is 5.72. The molecule has 3 heteroatoms. The van der Waals surface area contributed by atoms with Gasteiger partial charge in [-0.2, -0.15) is 12.6 Å². The third-order valence-electron chi connectivity index (χ3n) is 0.566. The van der Waals surface area contributed by atoms with Crippen LogP contribution in [0.5, 0.6) is 0 Å². The number of nitrogens with zero attached hydrogens (tertiary/aromatic N) is 1. The summed E-state index contributed by atoms with van der Waals surface area (Å²) in [4.78, 5) is 3.78. The van der Waals surface area contributed by atoms with E-state index in [1.54, 1.807) is 18.6 Å². The molecule has 0 aliphatic rings. The van der Waals surface area contributed by atoms with E-state index in [-0.39, 0.29) is 5.48 Å². The van der Waals surface area contributed by atoms with Gasteiger partial charge in [-0.1, -0.05) is 19.9 Å². The summed E-state index contributed by atoms with van der Waals surface area (Å²) in [5.41, 5.74) is 0. The number of rotatable bonds is 0. The van der Waals surface area contributed by atoms with Crippen LogP contribution < -0.4 is 0 Å². The molecular weight excluding hydrogens is 158 g/mol. The standard InChI is InChI=1S/C5H5N.C2H6.CH4S.H2O/c1-2-4-6-5-3-1;2*1-2;/h1-5H;1-2H3;2H,1H3;1H2. The zero-order valence-corrected chi connectivity index (χ0v) is 8.18. The Bertz CT molecular complexity index is 86.0. The Morgan fingerprint density at radius 2 is 1.27 bits per heavy atom. The van der Waals surface area contributed by atoms with Crippen LogP contribution in [0.15, 0.2) is 30.6 Å². The topological polar surface area (TPSA) is 44.4 Å². The highest BCUT2D eigenvalue weighted by atomic mass is 32.1. The molecule has 0 unspecified atom stereocenters. The van der Waals surface area contributed by atoms with Crippen LogP contribution in [0.1, 0.15) is 13.8 Å². The SMILES string of the molecule is CC.CS.O.c1ccncc1. The van der Waals surface area contributed by atoms with Crippen LogP contribution in [-0.4, -0.2) is 16.7 Å². The zero-order chi connectivity index (χ0) is 8.24. The van der Waals surface area contributed by atoms with Crippen LogP contribution in [0.4, 0.5) is 0 Å². The van der Waals surface area contributed by atoms with Crippen LogP contribution >= 0.6 is 12.6 Å². The molecule has 1 aromatic rings. The van der Waals surface area contributed by atoms with E-state index in [1.807, 2.05) is 32.0 Å². The monoisotopic (exact) mass is 175 g/mol. The lowest BCUT2D eigenvalue weighted by molar-refractivity contribution is 0.824. The first-order valence-corrected chi connectivity index (χ1v) is 4.19. The maximum absolute atomic E-state index is 3.78. The van der Waals surface area contributed by atoms with Gasteiger partial charge in [0.25, 0.3) is 0 Å². The molecule has 1 aromatic heterocycles. The third-order valence-corrected chi connectivity index (χ3v) is 0.566. The first-order chi connectivity index (χ1) is 5.00. The Kier molecular flexibility index (Phi) is 34.7. The van der Waals surface area contributed by atoms with Crippen molar-refractivity contribution in [2.75, 3.05) is 6.26 Å². The molecule has 0 saturated heterocycles. The van der Waals surface area contributed by atoms with E-state index in [9.17, 15) is 0 Å². The van der Waals surface area contributed by atoms with Crippen molar-refractivity contribution >= 4 is 12.6 Å². The smallest absolute Gasteiger partial charge is 0.0267 e. The molecule has 2 N–H and O–H groups in total. The van der Waals surface area contributed by atoms with Gasteiger partial charge in [0.15, 0.2) is 0 Å². The maximum Gasteiger partial charge on any atom is 0.0267 e. The largest absolute Gasteiger partial charge is 0.412 e. The molecule has 0 aliphatic carbocycles. The fourth-order valence-electron chi connectivity index (χ4n) is 0.313. The first kappa shape index (κ1) is 16.8. The highest BCUT2D eigenvalue weighted by Crippen LogP contribution is 1.73. The van der Waals surface area contributed by atoms with Gasteiger partial charge in [0.1, 0.15) is 0 Å². The molecule has 0 fully saturated rings. The van der Waals surface area contributed by atoms with Gasteiger partial charge in [-0.05, 0) is 18.4 Å². The molecule has 1 rings (SSSR count). The van der Waals surface area contributed by atoms with Gasteiger partial charge < -0.3 is 5.48 Å². The molecule has 0 amide bonds. The summed E-state index contributed by atoms with van der Waals surface area (Å²) in [6.45, 7) is 4.00. The minimum atomic E-state index is 0.